The number of carboxylic acid groups (broad SMARTS) is 1. The number of anilines is 3. The van der Waals surface area contributed by atoms with Crippen LogP contribution in [0.4, 0.5) is 26.7 Å². The quantitative estimate of drug-likeness (QED) is 0.00951. The van der Waals surface area contributed by atoms with E-state index in [1.807, 2.05) is 236 Å². The smallest absolute Gasteiger partial charge is 1.00 e. The van der Waals surface area contributed by atoms with Crippen LogP contribution in [-0.4, -0.2) is 131 Å². The molecule has 32 heteroatoms. The van der Waals surface area contributed by atoms with Crippen molar-refractivity contribution in [2.24, 2.45) is 22.2 Å². The second-order valence-electron chi connectivity index (χ2n) is 40.9. The van der Waals surface area contributed by atoms with Crippen LogP contribution in [0.15, 0.2) is 211 Å². The average molecular weight is 2010 g/mol. The van der Waals surface area contributed by atoms with E-state index in [4.69, 9.17) is 20.5 Å². The molecule has 25 nitrogen and oxygen atoms in total. The Morgan fingerprint density at radius 2 is 0.950 bits per heavy atom. The van der Waals surface area contributed by atoms with Gasteiger partial charge in [0.15, 0.2) is 5.69 Å². The first-order valence-corrected chi connectivity index (χ1v) is 53.1. The number of halogens is 2. The Kier molecular flexibility index (Phi) is 43.5. The molecule has 3 aliphatic rings. The number of alkyl carbamates (subject to hydrolysis) is 2. The van der Waals surface area contributed by atoms with Crippen LogP contribution < -0.4 is 35.7 Å². The van der Waals surface area contributed by atoms with Gasteiger partial charge in [0.1, 0.15) is 36.1 Å². The van der Waals surface area contributed by atoms with E-state index in [2.05, 4.69) is 102 Å². The van der Waals surface area contributed by atoms with Crippen molar-refractivity contribution in [3.8, 4) is 29.6 Å². The second-order valence-corrected chi connectivity index (χ2v) is 51.7. The molecule has 139 heavy (non-hydrogen) atoms. The fraction of sp³-hybridized carbons (Fsp3) is 0.421. The Morgan fingerprint density at radius 1 is 0.540 bits per heavy atom. The van der Waals surface area contributed by atoms with E-state index >= 15 is 0 Å². The van der Waals surface area contributed by atoms with Gasteiger partial charge < -0.3 is 42.3 Å². The molecule has 8 aromatic carbocycles. The molecular weight excluding hydrogens is 1870 g/mol. The van der Waals surface area contributed by atoms with E-state index in [0.29, 0.717) is 68.9 Å². The first-order valence-electron chi connectivity index (χ1n) is 46.3. The van der Waals surface area contributed by atoms with Gasteiger partial charge in [-0.1, -0.05) is 149 Å². The number of rotatable bonds is 30. The molecule has 2 heterocycles. The Balaban J connectivity index is 0.000000331. The number of aryl methyl sites for hydroxylation is 2. The van der Waals surface area contributed by atoms with Crippen LogP contribution in [0, 0.1) is 71.7 Å². The van der Waals surface area contributed by atoms with Gasteiger partial charge in [-0.3, -0.25) is 4.79 Å². The molecule has 5 atom stereocenters. The van der Waals surface area contributed by atoms with E-state index in [1.165, 1.54) is 55.0 Å². The fourth-order valence-corrected chi connectivity index (χ4v) is 17.8. The molecule has 0 radical (unpaired) electrons. The minimum atomic E-state index is -1.43. The van der Waals surface area contributed by atoms with E-state index in [9.17, 15) is 47.4 Å². The number of nitriles is 3. The van der Waals surface area contributed by atoms with Crippen molar-refractivity contribution in [2.75, 3.05) is 22.7 Å². The first-order chi connectivity index (χ1) is 63.9. The molecule has 8 N–H and O–H groups in total. The third kappa shape index (κ3) is 36.7. The SMILES string of the molecule is CC(C)(C)S(=O)N=C(CCC1CC1)c1ccc(C#N)cc1.CC(C)(C)S(=O)NC(CCC1CC1)(c1ccc(C#N)cc1)c1cccc(N)c1.CN(c1c[c-]ccc1)[Si](C)(C)C.Cc1cc(C(=O)Nc2cccc(C(CCC3CC3)(NS(=O)C(C)(C)C)c3ccc(C#N)cc3)c2)n(-c2cccc(CNC(=O)OC(C)(C)C)c2)n1.Cc1cc(C(=O)O)n(-c2cccc(CNC(=O)OC(C)(C)C)c2)n1.Cl.Cl.[H-].[Mg+2]. The molecule has 0 aliphatic heterocycles. The molecule has 3 aliphatic carbocycles. The van der Waals surface area contributed by atoms with Crippen LogP contribution >= 0.6 is 24.8 Å². The van der Waals surface area contributed by atoms with E-state index in [1.54, 1.807) is 80.9 Å². The van der Waals surface area contributed by atoms with Crippen LogP contribution in [0.25, 0.3) is 11.4 Å². The summed E-state index contributed by atoms with van der Waals surface area (Å²) in [7, 11) is -2.98. The topological polar surface area (TPSA) is 367 Å². The number of ether oxygens (including phenoxy) is 2. The number of aromatic nitrogens is 4. The summed E-state index contributed by atoms with van der Waals surface area (Å²) in [4.78, 5) is 49.2. The van der Waals surface area contributed by atoms with Crippen molar-refractivity contribution in [1.29, 1.82) is 15.8 Å². The summed E-state index contributed by atoms with van der Waals surface area (Å²) >= 11 is 0. The van der Waals surface area contributed by atoms with Gasteiger partial charge in [0.2, 0.25) is 0 Å². The average Bonchev–Trinajstić information content (AvgIpc) is 1.76. The van der Waals surface area contributed by atoms with Gasteiger partial charge in [0, 0.05) is 24.5 Å². The molecule has 3 fully saturated rings. The zero-order valence-corrected chi connectivity index (χ0v) is 90.7. The zero-order valence-electron chi connectivity index (χ0n) is 85.2. The van der Waals surface area contributed by atoms with E-state index < -0.39 is 91.1 Å². The van der Waals surface area contributed by atoms with Crippen LogP contribution in [0.5, 0.6) is 0 Å². The Hall–Kier alpha value is -10.7. The van der Waals surface area contributed by atoms with E-state index in [0.717, 1.165) is 88.6 Å². The Bertz CT molecular complexity index is 6020. The summed E-state index contributed by atoms with van der Waals surface area (Å²) in [6, 6.07) is 73.5. The molecular formula is C107H139Cl2MgN15O10S3Si. The number of aromatic carboxylic acids is 1. The molecule has 0 spiro atoms. The summed E-state index contributed by atoms with van der Waals surface area (Å²) in [5, 5.41) is 54.2. The van der Waals surface area contributed by atoms with Crippen LogP contribution in [0.1, 0.15) is 270 Å². The maximum absolute atomic E-state index is 13.9. The molecule has 3 saturated carbocycles. The summed E-state index contributed by atoms with van der Waals surface area (Å²) in [5.74, 6) is 0.775. The molecule has 0 saturated heterocycles. The van der Waals surface area contributed by atoms with Gasteiger partial charge in [-0.15, -0.1) is 24.8 Å². The molecule has 10 aromatic rings. The van der Waals surface area contributed by atoms with Gasteiger partial charge in [0.05, 0.1) is 111 Å². The summed E-state index contributed by atoms with van der Waals surface area (Å²) < 4.78 is 65.4. The first kappa shape index (κ1) is 117. The fourth-order valence-electron chi connectivity index (χ4n) is 14.3. The zero-order chi connectivity index (χ0) is 99.9. The monoisotopic (exact) mass is 2010 g/mol. The normalized spacial score (nSPS) is 14.5. The summed E-state index contributed by atoms with van der Waals surface area (Å²) in [6.07, 6.45) is 12.0. The number of amides is 3. The summed E-state index contributed by atoms with van der Waals surface area (Å²) in [5.41, 5.74) is 18.1. The third-order valence-corrected chi connectivity index (χ3v) is 29.6. The number of nitrogen functional groups attached to an aromatic ring is 1. The van der Waals surface area contributed by atoms with Gasteiger partial charge in [0.25, 0.3) is 5.91 Å². The van der Waals surface area contributed by atoms with Crippen molar-refractivity contribution in [2.45, 2.75) is 264 Å². The predicted octanol–water partition coefficient (Wildman–Crippen LogP) is 22.7. The number of carbonyl (C=O) groups excluding carboxylic acids is 3. The number of benzene rings is 8. The molecule has 740 valence electrons. The molecule has 5 unspecified atom stereocenters. The number of nitrogens with one attached hydrogen (secondary N) is 5. The number of nitrogens with zero attached hydrogens (tertiary/aromatic N) is 9. The molecule has 0 bridgehead atoms. The maximum Gasteiger partial charge on any atom is 2.00 e. The van der Waals surface area contributed by atoms with Gasteiger partial charge in [-0.25, -0.2) is 45.8 Å². The largest absolute Gasteiger partial charge is 2.00 e. The van der Waals surface area contributed by atoms with Crippen molar-refractivity contribution < 1.29 is 47.8 Å². The summed E-state index contributed by atoms with van der Waals surface area (Å²) in [6.45, 7) is 39.4. The standard InChI is InChI=1S/C40H48N6O4S.C23H29N3OS.C17H21N3O4.C17H22N2OS.C10H16NSi.2ClH.Mg.H/c1-27-22-35(46(44-27)34-13-8-10-30(23-34)26-42-37(48)50-38(2,3)4)36(47)43-33-12-9-11-32(24-33)40(21-20-28-14-15-28,45-51(49)39(5,6)7)31-18-16-29(25-41)17-19-31;1-22(2,3)28(27)26-23(14-13-17-7-8-17,20-5-4-6-21(25)15-20)19-11-9-18(16-24)10-12-19;1-11-8-14(15(21)22)20(19-11)13-7-5-6-12(9-13)10-18-16(23)24-17(2,3)4;1-17(2,3)21(20)19-16(11-8-13-4-5-13)15-9-6-14(12-18)7-10-15;1-11(12(2,3)4)10-8-6-5-7-9-10;;;;/h8-13,16-19,22-24,28,45H,14-15,20-21,26H2,1-7H3,(H,42,48)(H,43,47);4-6,9-12,15,17,26H,7-8,13-14,25H2,1-3H3;5-9H,10H2,1-4H3,(H,18,23)(H,21,22);6-7,9-10,13H,4-5,8,11H2,1-3H3;5-6,8-9H,1-4H3;2*1H;;/q;;;;-1;;;+2;-1. The third-order valence-electron chi connectivity index (χ3n) is 22.6. The van der Waals surface area contributed by atoms with Gasteiger partial charge in [-0.2, -0.15) is 60.7 Å². The van der Waals surface area contributed by atoms with Crippen molar-refractivity contribution in [3.05, 3.63) is 291 Å². The second kappa shape index (κ2) is 51.7. The minimum Gasteiger partial charge on any atom is -1.00 e. The molecule has 2 aromatic heterocycles. The number of hydrogen-bond donors (Lipinski definition) is 7. The van der Waals surface area contributed by atoms with Crippen molar-refractivity contribution in [1.82, 2.24) is 39.6 Å². The van der Waals surface area contributed by atoms with Gasteiger partial charge >= 0.3 is 41.2 Å². The van der Waals surface area contributed by atoms with Crippen LogP contribution in [0.3, 0.4) is 0 Å². The predicted molar refractivity (Wildman–Crippen MR) is 571 cm³/mol. The number of carboxylic acids is 1. The minimum absolute atomic E-state index is 0. The Labute approximate surface area is 861 Å². The molecule has 3 amide bonds. The van der Waals surface area contributed by atoms with Crippen LogP contribution in [0.2, 0.25) is 19.6 Å². The number of hydrogen-bond acceptors (Lipinski definition) is 16. The molecule has 13 rings (SSSR count). The number of nitrogens with two attached hydrogens (primary N) is 1. The Morgan fingerprint density at radius 3 is 1.34 bits per heavy atom. The van der Waals surface area contributed by atoms with E-state index in [-0.39, 0.29) is 78.7 Å². The maximum atomic E-state index is 13.9. The van der Waals surface area contributed by atoms with Crippen LogP contribution in [-0.2, 0) is 66.6 Å². The number of carbonyl (C=O) groups is 4. The van der Waals surface area contributed by atoms with Crippen molar-refractivity contribution in [3.63, 3.8) is 0 Å². The van der Waals surface area contributed by atoms with Gasteiger partial charge in [-0.05, 0) is 317 Å². The van der Waals surface area contributed by atoms with Crippen molar-refractivity contribution >= 4 is 136 Å².